The lowest BCUT2D eigenvalue weighted by atomic mass is 9.51. The Kier molecular flexibility index (Phi) is 7.03. The van der Waals surface area contributed by atoms with Gasteiger partial charge in [0.2, 0.25) is 5.91 Å². The molecule has 5 nitrogen and oxygen atoms in total. The zero-order valence-electron chi connectivity index (χ0n) is 19.2. The molecule has 0 radical (unpaired) electrons. The van der Waals surface area contributed by atoms with Crippen LogP contribution in [0, 0.1) is 5.41 Å². The first-order chi connectivity index (χ1) is 16.0. The Hall–Kier alpha value is -2.86. The van der Waals surface area contributed by atoms with E-state index in [2.05, 4.69) is 17.4 Å². The Morgan fingerprint density at radius 1 is 1.06 bits per heavy atom. The fourth-order valence-corrected chi connectivity index (χ4v) is 5.39. The van der Waals surface area contributed by atoms with E-state index < -0.39 is 0 Å². The third-order valence-corrected chi connectivity index (χ3v) is 7.67. The smallest absolute Gasteiger partial charge is 0.226 e. The number of hydrogen-bond acceptors (Lipinski definition) is 4. The van der Waals surface area contributed by atoms with E-state index in [1.807, 2.05) is 36.4 Å². The maximum atomic E-state index is 13.2. The van der Waals surface area contributed by atoms with Crippen LogP contribution in [-0.2, 0) is 16.8 Å². The summed E-state index contributed by atoms with van der Waals surface area (Å²) in [7, 11) is 1.65. The summed E-state index contributed by atoms with van der Waals surface area (Å²) in [5, 5.41) is 3.18. The van der Waals surface area contributed by atoms with Crippen molar-refractivity contribution in [1.29, 1.82) is 0 Å². The zero-order valence-corrected chi connectivity index (χ0v) is 19.2. The number of amides is 1. The Balaban J connectivity index is 1.36. The molecule has 3 aliphatic rings. The highest BCUT2D eigenvalue weighted by molar-refractivity contribution is 5.83. The van der Waals surface area contributed by atoms with Gasteiger partial charge in [-0.25, -0.2) is 4.39 Å². The highest BCUT2D eigenvalue weighted by Crippen LogP contribution is 2.58. The van der Waals surface area contributed by atoms with Gasteiger partial charge in [-0.1, -0.05) is 30.3 Å². The molecule has 3 fully saturated rings. The van der Waals surface area contributed by atoms with E-state index in [4.69, 9.17) is 15.2 Å². The summed E-state index contributed by atoms with van der Waals surface area (Å²) in [6, 6.07) is 15.9. The van der Waals surface area contributed by atoms with Crippen molar-refractivity contribution in [3.05, 3.63) is 71.6 Å². The maximum absolute atomic E-state index is 13.2. The number of rotatable bonds is 9. The summed E-state index contributed by atoms with van der Waals surface area (Å²) in [6.07, 6.45) is 6.26. The molecule has 0 aliphatic heterocycles. The van der Waals surface area contributed by atoms with Gasteiger partial charge in [0, 0.05) is 29.6 Å². The van der Waals surface area contributed by atoms with Gasteiger partial charge >= 0.3 is 0 Å². The van der Waals surface area contributed by atoms with E-state index >= 15 is 0 Å². The fourth-order valence-electron chi connectivity index (χ4n) is 5.39. The molecule has 0 atom stereocenters. The average molecular weight is 453 g/mol. The molecule has 0 heterocycles. The number of nitrogens with one attached hydrogen (secondary N) is 1. The second-order valence-electron chi connectivity index (χ2n) is 9.34. The molecule has 0 aromatic heterocycles. The Morgan fingerprint density at radius 2 is 1.73 bits per heavy atom. The van der Waals surface area contributed by atoms with Crippen LogP contribution in [0.5, 0.6) is 11.5 Å². The van der Waals surface area contributed by atoms with Gasteiger partial charge < -0.3 is 20.5 Å². The number of benzene rings is 2. The lowest BCUT2D eigenvalue weighted by molar-refractivity contribution is -0.138. The summed E-state index contributed by atoms with van der Waals surface area (Å²) in [5.41, 5.74) is 8.08. The van der Waals surface area contributed by atoms with Gasteiger partial charge in [0.1, 0.15) is 18.1 Å². The Morgan fingerprint density at radius 3 is 2.33 bits per heavy atom. The molecule has 3 aliphatic carbocycles. The minimum absolute atomic E-state index is 0.129. The predicted octanol–water partition coefficient (Wildman–Crippen LogP) is 4.79. The lowest BCUT2D eigenvalue weighted by Gasteiger charge is -2.52. The molecule has 0 saturated heterocycles. The first-order valence-electron chi connectivity index (χ1n) is 11.7. The maximum Gasteiger partial charge on any atom is 0.226 e. The standard InChI is InChI=1S/C27H33FN2O3/c1-32-24-5-3-2-4-21(24)18-30-25(31)27-13-10-26(11-14-27,12-15-27)22-6-8-23(9-7-22)33-19-20(16-28)17-29/h2-9,16H,10-15,17-19,29H2,1H3,(H,30,31). The third kappa shape index (κ3) is 4.76. The summed E-state index contributed by atoms with van der Waals surface area (Å²) in [5.74, 6) is 1.68. The van der Waals surface area contributed by atoms with E-state index in [1.54, 1.807) is 7.11 Å². The minimum Gasteiger partial charge on any atom is -0.496 e. The summed E-state index contributed by atoms with van der Waals surface area (Å²) < 4.78 is 23.7. The predicted molar refractivity (Wildman–Crippen MR) is 127 cm³/mol. The monoisotopic (exact) mass is 452 g/mol. The molecule has 176 valence electrons. The zero-order chi connectivity index (χ0) is 23.3. The second-order valence-corrected chi connectivity index (χ2v) is 9.34. The van der Waals surface area contributed by atoms with Crippen LogP contribution in [0.1, 0.15) is 49.7 Å². The van der Waals surface area contributed by atoms with E-state index in [1.165, 1.54) is 5.56 Å². The molecule has 33 heavy (non-hydrogen) atoms. The fraction of sp³-hybridized carbons (Fsp3) is 0.444. The minimum atomic E-state index is -0.260. The Bertz CT molecular complexity index is 978. The van der Waals surface area contributed by atoms with Crippen LogP contribution in [0.3, 0.4) is 0 Å². The van der Waals surface area contributed by atoms with E-state index in [0.717, 1.165) is 49.8 Å². The summed E-state index contributed by atoms with van der Waals surface area (Å²) in [6.45, 7) is 0.788. The topological polar surface area (TPSA) is 73.6 Å². The van der Waals surface area contributed by atoms with Crippen molar-refractivity contribution in [3.63, 3.8) is 0 Å². The van der Waals surface area contributed by atoms with Crippen LogP contribution in [0.15, 0.2) is 60.4 Å². The molecule has 5 rings (SSSR count). The van der Waals surface area contributed by atoms with E-state index in [-0.39, 0.29) is 29.9 Å². The molecule has 3 saturated carbocycles. The molecule has 0 unspecified atom stereocenters. The molecule has 2 aromatic carbocycles. The van der Waals surface area contributed by atoms with Crippen molar-refractivity contribution in [2.24, 2.45) is 11.1 Å². The third-order valence-electron chi connectivity index (χ3n) is 7.67. The van der Waals surface area contributed by atoms with Gasteiger partial charge in [0.15, 0.2) is 0 Å². The molecule has 3 N–H and O–H groups in total. The van der Waals surface area contributed by atoms with Crippen LogP contribution in [-0.4, -0.2) is 26.2 Å². The number of para-hydroxylation sites is 1. The summed E-state index contributed by atoms with van der Waals surface area (Å²) >= 11 is 0. The van der Waals surface area contributed by atoms with Crippen molar-refractivity contribution in [1.82, 2.24) is 5.32 Å². The number of ether oxygens (including phenoxy) is 2. The highest BCUT2D eigenvalue weighted by atomic mass is 19.1. The average Bonchev–Trinajstić information content (AvgIpc) is 2.89. The van der Waals surface area contributed by atoms with Crippen LogP contribution in [0.4, 0.5) is 4.39 Å². The van der Waals surface area contributed by atoms with Crippen molar-refractivity contribution in [2.75, 3.05) is 20.3 Å². The second kappa shape index (κ2) is 9.96. The van der Waals surface area contributed by atoms with Gasteiger partial charge in [-0.05, 0) is 67.7 Å². The first-order valence-corrected chi connectivity index (χ1v) is 11.7. The van der Waals surface area contributed by atoms with Crippen LogP contribution in [0.25, 0.3) is 0 Å². The molecule has 2 bridgehead atoms. The molecular formula is C27H33FN2O3. The lowest BCUT2D eigenvalue weighted by Crippen LogP contribution is -2.51. The van der Waals surface area contributed by atoms with Crippen molar-refractivity contribution < 1.29 is 18.7 Å². The van der Waals surface area contributed by atoms with Gasteiger partial charge in [0.05, 0.1) is 13.4 Å². The van der Waals surface area contributed by atoms with Crippen molar-refractivity contribution in [3.8, 4) is 11.5 Å². The number of carbonyl (C=O) groups excluding carboxylic acids is 1. The number of nitrogens with two attached hydrogens (primary N) is 1. The quantitative estimate of drug-likeness (QED) is 0.574. The molecular weight excluding hydrogens is 419 g/mol. The van der Waals surface area contributed by atoms with E-state index in [9.17, 15) is 9.18 Å². The molecule has 1 amide bonds. The number of fused-ring (bicyclic) bond motifs is 3. The Labute approximate surface area is 195 Å². The van der Waals surface area contributed by atoms with Crippen LogP contribution in [0.2, 0.25) is 0 Å². The normalized spacial score (nSPS) is 24.4. The molecule has 6 heteroatoms. The van der Waals surface area contributed by atoms with Gasteiger partial charge in [-0.15, -0.1) is 0 Å². The van der Waals surface area contributed by atoms with Crippen LogP contribution >= 0.6 is 0 Å². The largest absolute Gasteiger partial charge is 0.496 e. The number of carbonyl (C=O) groups is 1. The van der Waals surface area contributed by atoms with E-state index in [0.29, 0.717) is 24.2 Å². The van der Waals surface area contributed by atoms with Crippen molar-refractivity contribution in [2.45, 2.75) is 50.5 Å². The number of hydrogen-bond donors (Lipinski definition) is 2. The highest BCUT2D eigenvalue weighted by Gasteiger charge is 2.52. The van der Waals surface area contributed by atoms with Gasteiger partial charge in [-0.2, -0.15) is 0 Å². The summed E-state index contributed by atoms with van der Waals surface area (Å²) in [4.78, 5) is 13.2. The molecule has 0 spiro atoms. The SMILES string of the molecule is COc1ccccc1CNC(=O)C12CCC(c3ccc(OCC(=CF)CN)cc3)(CC1)CC2. The first kappa shape index (κ1) is 23.3. The number of halogens is 1. The number of methoxy groups -OCH3 is 1. The van der Waals surface area contributed by atoms with Gasteiger partial charge in [0.25, 0.3) is 0 Å². The van der Waals surface area contributed by atoms with Crippen molar-refractivity contribution >= 4 is 5.91 Å². The van der Waals surface area contributed by atoms with Gasteiger partial charge in [-0.3, -0.25) is 4.79 Å². The van der Waals surface area contributed by atoms with Crippen LogP contribution < -0.4 is 20.5 Å². The molecule has 2 aromatic rings.